The van der Waals surface area contributed by atoms with Gasteiger partial charge in [-0.1, -0.05) is 6.08 Å². The van der Waals surface area contributed by atoms with Crippen LogP contribution in [0.15, 0.2) is 43.1 Å². The molecule has 1 heterocycles. The number of aromatic nitrogens is 1. The average molecular weight is 287 g/mol. The lowest BCUT2D eigenvalue weighted by Gasteiger charge is -2.21. The van der Waals surface area contributed by atoms with Gasteiger partial charge in [-0.3, -0.25) is 19.9 Å². The first kappa shape index (κ1) is 14.4. The fraction of sp³-hybridized carbons (Fsp3) is 0.143. The quantitative estimate of drug-likeness (QED) is 0.497. The molecule has 21 heavy (non-hydrogen) atoms. The summed E-state index contributed by atoms with van der Waals surface area (Å²) in [5, 5.41) is 20.7. The smallest absolute Gasteiger partial charge is 0.323 e. The topological polar surface area (TPSA) is 96.6 Å². The molecule has 2 rings (SSSR count). The van der Waals surface area contributed by atoms with E-state index in [-0.39, 0.29) is 24.5 Å². The van der Waals surface area contributed by atoms with Gasteiger partial charge in [0.2, 0.25) is 0 Å². The maximum absolute atomic E-state index is 11.4. The Kier molecular flexibility index (Phi) is 4.13. The SMILES string of the molecule is C=CCN(CC(=O)O)c1ccc2ncccc2c1[N+](=O)[O-]. The number of fused-ring (bicyclic) bond motifs is 1. The second-order valence-electron chi connectivity index (χ2n) is 4.32. The zero-order valence-electron chi connectivity index (χ0n) is 11.1. The number of nitro benzene ring substituents is 1. The second kappa shape index (κ2) is 6.00. The van der Waals surface area contributed by atoms with Gasteiger partial charge in [-0.25, -0.2) is 0 Å². The van der Waals surface area contributed by atoms with Gasteiger partial charge < -0.3 is 10.0 Å². The number of nitro groups is 1. The predicted molar refractivity (Wildman–Crippen MR) is 78.4 cm³/mol. The third kappa shape index (κ3) is 2.97. The Hall–Kier alpha value is -2.96. The normalized spacial score (nSPS) is 10.3. The lowest BCUT2D eigenvalue weighted by Crippen LogP contribution is -2.30. The maximum atomic E-state index is 11.4. The van der Waals surface area contributed by atoms with Gasteiger partial charge in [0.25, 0.3) is 0 Å². The maximum Gasteiger partial charge on any atom is 0.323 e. The van der Waals surface area contributed by atoms with E-state index in [4.69, 9.17) is 5.11 Å². The van der Waals surface area contributed by atoms with Gasteiger partial charge in [0.1, 0.15) is 12.2 Å². The largest absolute Gasteiger partial charge is 0.480 e. The van der Waals surface area contributed by atoms with Gasteiger partial charge in [-0.2, -0.15) is 0 Å². The van der Waals surface area contributed by atoms with Crippen LogP contribution in [0, 0.1) is 10.1 Å². The van der Waals surface area contributed by atoms with E-state index >= 15 is 0 Å². The van der Waals surface area contributed by atoms with Crippen LogP contribution in [-0.2, 0) is 4.79 Å². The minimum Gasteiger partial charge on any atom is -0.480 e. The highest BCUT2D eigenvalue weighted by atomic mass is 16.6. The van der Waals surface area contributed by atoms with E-state index in [1.54, 1.807) is 24.4 Å². The molecule has 0 spiro atoms. The third-order valence-corrected chi connectivity index (χ3v) is 2.93. The molecule has 0 saturated carbocycles. The fourth-order valence-corrected chi connectivity index (χ4v) is 2.14. The van der Waals surface area contributed by atoms with Gasteiger partial charge >= 0.3 is 11.7 Å². The van der Waals surface area contributed by atoms with Crippen molar-refractivity contribution >= 4 is 28.2 Å². The number of hydrogen-bond donors (Lipinski definition) is 1. The van der Waals surface area contributed by atoms with Crippen LogP contribution in [-0.4, -0.2) is 34.1 Å². The van der Waals surface area contributed by atoms with Crippen molar-refractivity contribution < 1.29 is 14.8 Å². The molecule has 0 aliphatic carbocycles. The molecule has 0 bridgehead atoms. The van der Waals surface area contributed by atoms with Crippen molar-refractivity contribution in [3.8, 4) is 0 Å². The molecule has 0 fully saturated rings. The molecule has 1 aromatic heterocycles. The first-order valence-corrected chi connectivity index (χ1v) is 6.14. The highest BCUT2D eigenvalue weighted by Crippen LogP contribution is 2.34. The summed E-state index contributed by atoms with van der Waals surface area (Å²) in [6.07, 6.45) is 3.05. The number of rotatable bonds is 6. The molecular weight excluding hydrogens is 274 g/mol. The summed E-state index contributed by atoms with van der Waals surface area (Å²) in [5.74, 6) is -1.07. The first-order chi connectivity index (χ1) is 10.0. The summed E-state index contributed by atoms with van der Waals surface area (Å²) in [7, 11) is 0. The van der Waals surface area contributed by atoms with Gasteiger partial charge in [0.05, 0.1) is 15.8 Å². The lowest BCUT2D eigenvalue weighted by molar-refractivity contribution is -0.382. The van der Waals surface area contributed by atoms with Crippen molar-refractivity contribution in [2.75, 3.05) is 18.0 Å². The number of carbonyl (C=O) groups is 1. The van der Waals surface area contributed by atoms with Crippen molar-refractivity contribution in [1.29, 1.82) is 0 Å². The molecular formula is C14H13N3O4. The Balaban J connectivity index is 2.65. The molecule has 1 aromatic carbocycles. The van der Waals surface area contributed by atoms with Gasteiger partial charge in [0.15, 0.2) is 0 Å². The molecule has 0 radical (unpaired) electrons. The third-order valence-electron chi connectivity index (χ3n) is 2.93. The molecule has 7 nitrogen and oxygen atoms in total. The number of anilines is 1. The van der Waals surface area contributed by atoms with Crippen molar-refractivity contribution in [2.45, 2.75) is 0 Å². The molecule has 108 valence electrons. The van der Waals surface area contributed by atoms with Crippen LogP contribution in [0.2, 0.25) is 0 Å². The lowest BCUT2D eigenvalue weighted by atomic mass is 10.1. The molecule has 0 amide bonds. The first-order valence-electron chi connectivity index (χ1n) is 6.14. The van der Waals surface area contributed by atoms with Gasteiger partial charge in [0, 0.05) is 12.7 Å². The zero-order chi connectivity index (χ0) is 15.4. The van der Waals surface area contributed by atoms with Crippen LogP contribution in [0.4, 0.5) is 11.4 Å². The number of aliphatic carboxylic acids is 1. The van der Waals surface area contributed by atoms with Crippen molar-refractivity contribution in [3.63, 3.8) is 0 Å². The average Bonchev–Trinajstić information content (AvgIpc) is 2.45. The number of nitrogens with zero attached hydrogens (tertiary/aromatic N) is 3. The van der Waals surface area contributed by atoms with E-state index in [1.165, 1.54) is 17.0 Å². The van der Waals surface area contributed by atoms with Gasteiger partial charge in [-0.15, -0.1) is 6.58 Å². The van der Waals surface area contributed by atoms with Crippen LogP contribution in [0.5, 0.6) is 0 Å². The number of benzene rings is 1. The predicted octanol–water partition coefficient (Wildman–Crippen LogP) is 2.22. The summed E-state index contributed by atoms with van der Waals surface area (Å²) in [4.78, 5) is 27.3. The molecule has 0 atom stereocenters. The van der Waals surface area contributed by atoms with Crippen molar-refractivity contribution in [2.24, 2.45) is 0 Å². The molecule has 0 unspecified atom stereocenters. The summed E-state index contributed by atoms with van der Waals surface area (Å²) in [6.45, 7) is 3.40. The number of carboxylic acids is 1. The minimum atomic E-state index is -1.07. The summed E-state index contributed by atoms with van der Waals surface area (Å²) >= 11 is 0. The molecule has 1 N–H and O–H groups in total. The molecule has 0 aliphatic heterocycles. The zero-order valence-corrected chi connectivity index (χ0v) is 11.1. The highest BCUT2D eigenvalue weighted by molar-refractivity contribution is 5.95. The second-order valence-corrected chi connectivity index (χ2v) is 4.32. The van der Waals surface area contributed by atoms with E-state index in [0.29, 0.717) is 10.9 Å². The van der Waals surface area contributed by atoms with E-state index in [2.05, 4.69) is 11.6 Å². The fourth-order valence-electron chi connectivity index (χ4n) is 2.14. The van der Waals surface area contributed by atoms with E-state index < -0.39 is 10.9 Å². The van der Waals surface area contributed by atoms with Gasteiger partial charge in [-0.05, 0) is 24.3 Å². The summed E-state index contributed by atoms with van der Waals surface area (Å²) in [6, 6.07) is 6.35. The molecule has 2 aromatic rings. The Labute approximate surface area is 120 Å². The highest BCUT2D eigenvalue weighted by Gasteiger charge is 2.23. The number of carboxylic acid groups (broad SMARTS) is 1. The minimum absolute atomic E-state index is 0.149. The van der Waals surface area contributed by atoms with Crippen LogP contribution in [0.3, 0.4) is 0 Å². The van der Waals surface area contributed by atoms with E-state index in [0.717, 1.165) is 0 Å². The van der Waals surface area contributed by atoms with E-state index in [1.807, 2.05) is 0 Å². The van der Waals surface area contributed by atoms with Crippen LogP contribution in [0.1, 0.15) is 0 Å². The molecule has 0 aliphatic rings. The summed E-state index contributed by atoms with van der Waals surface area (Å²) in [5.41, 5.74) is 0.577. The number of pyridine rings is 1. The Morgan fingerprint density at radius 3 is 2.86 bits per heavy atom. The Bertz CT molecular complexity index is 714. The molecule has 7 heteroatoms. The Morgan fingerprint density at radius 2 is 2.24 bits per heavy atom. The monoisotopic (exact) mass is 287 g/mol. The molecule has 0 saturated heterocycles. The number of hydrogen-bond acceptors (Lipinski definition) is 5. The van der Waals surface area contributed by atoms with E-state index in [9.17, 15) is 14.9 Å². The Morgan fingerprint density at radius 1 is 1.48 bits per heavy atom. The summed E-state index contributed by atoms with van der Waals surface area (Å²) < 4.78 is 0. The van der Waals surface area contributed by atoms with Crippen LogP contribution >= 0.6 is 0 Å². The van der Waals surface area contributed by atoms with Crippen molar-refractivity contribution in [3.05, 3.63) is 53.2 Å². The van der Waals surface area contributed by atoms with Crippen LogP contribution < -0.4 is 4.90 Å². The standard InChI is InChI=1S/C14H13N3O4/c1-2-8-16(9-13(18)19)12-6-5-11-10(4-3-7-15-11)14(12)17(20)21/h2-7H,1,8-9H2,(H,18,19). The van der Waals surface area contributed by atoms with Crippen LogP contribution in [0.25, 0.3) is 10.9 Å². The van der Waals surface area contributed by atoms with Crippen molar-refractivity contribution in [1.82, 2.24) is 4.98 Å².